The highest BCUT2D eigenvalue weighted by Crippen LogP contribution is 2.42. The molecule has 5 atom stereocenters. The van der Waals surface area contributed by atoms with Crippen molar-refractivity contribution < 1.29 is 27.4 Å². The molecule has 2 fully saturated rings. The van der Waals surface area contributed by atoms with Gasteiger partial charge < -0.3 is 25.0 Å². The summed E-state index contributed by atoms with van der Waals surface area (Å²) in [6.07, 6.45) is -3.24. The zero-order valence-electron chi connectivity index (χ0n) is 19.0. The van der Waals surface area contributed by atoms with E-state index in [0.717, 1.165) is 10.9 Å². The Kier molecular flexibility index (Phi) is 7.21. The lowest BCUT2D eigenvalue weighted by Gasteiger charge is -2.53. The Morgan fingerprint density at radius 2 is 2.22 bits per heavy atom. The van der Waals surface area contributed by atoms with Gasteiger partial charge in [0.25, 0.3) is 0 Å². The molecule has 3 aromatic heterocycles. The smallest absolute Gasteiger partial charge is 0.395 e. The van der Waals surface area contributed by atoms with Gasteiger partial charge in [-0.1, -0.05) is 11.6 Å². The third-order valence-electron chi connectivity index (χ3n) is 6.03. The minimum absolute atomic E-state index is 0.266. The summed E-state index contributed by atoms with van der Waals surface area (Å²) < 4.78 is 60.7. The number of pyridine rings is 1. The topological polar surface area (TPSA) is 127 Å². The number of fused-ring (bicyclic) bond motifs is 1. The maximum atomic E-state index is 13.8. The van der Waals surface area contributed by atoms with Crippen molar-refractivity contribution in [3.05, 3.63) is 62.1 Å². The number of ether oxygens (including phenoxy) is 3. The molecule has 2 aliphatic rings. The molecule has 2 saturated heterocycles. The lowest BCUT2D eigenvalue weighted by molar-refractivity contribution is -0.293. The van der Waals surface area contributed by atoms with E-state index in [9.17, 15) is 13.2 Å². The molecule has 2 aliphatic heterocycles. The van der Waals surface area contributed by atoms with Crippen LogP contribution in [0.15, 0.2) is 40.6 Å². The highest BCUT2D eigenvalue weighted by atomic mass is 79.9. The van der Waals surface area contributed by atoms with Crippen molar-refractivity contribution in [2.24, 2.45) is 11.6 Å². The van der Waals surface area contributed by atoms with Crippen molar-refractivity contribution in [3.8, 4) is 5.69 Å². The van der Waals surface area contributed by atoms with Gasteiger partial charge in [0, 0.05) is 35.6 Å². The number of halogens is 5. The van der Waals surface area contributed by atoms with E-state index in [2.05, 4.69) is 31.0 Å². The molecule has 10 nitrogen and oxygen atoms in total. The Morgan fingerprint density at radius 3 is 2.84 bits per heavy atom. The van der Waals surface area contributed by atoms with Crippen LogP contribution >= 0.6 is 38.9 Å². The monoisotopic (exact) mass is 621 g/mol. The molecule has 0 spiro atoms. The molecule has 198 valence electrons. The molecule has 0 bridgehead atoms. The molecule has 0 amide bonds. The first-order valence-corrected chi connectivity index (χ1v) is 12.8. The van der Waals surface area contributed by atoms with Gasteiger partial charge in [-0.05, 0) is 28.1 Å². The number of nitrogens with two attached hydrogens (primary N) is 2. The summed E-state index contributed by atoms with van der Waals surface area (Å²) in [5.41, 5.74) is 5.42. The van der Waals surface area contributed by atoms with Crippen LogP contribution in [0.2, 0.25) is 5.15 Å². The molecule has 16 heteroatoms. The van der Waals surface area contributed by atoms with Gasteiger partial charge in [-0.25, -0.2) is 20.5 Å². The Labute approximate surface area is 226 Å². The standard InChI is InChI=1S/C21H20BrClF3N7O3S/c1-34-18-15(32(28)6-10(27)20-31-14(23)8-37-20)17-13(7-35-17)36-16(18)11-2-3-30-33(11)12-4-9(22)5-29-19(12)21(24,25)26/h2-6,8,13,15-18H,7,27-28H2,1H3/b10-6-. The van der Waals surface area contributed by atoms with Gasteiger partial charge in [0.15, 0.2) is 5.69 Å². The Morgan fingerprint density at radius 1 is 1.43 bits per heavy atom. The van der Waals surface area contributed by atoms with E-state index in [4.69, 9.17) is 37.4 Å². The van der Waals surface area contributed by atoms with Crippen LogP contribution in [0.3, 0.4) is 0 Å². The second kappa shape index (κ2) is 10.1. The summed E-state index contributed by atoms with van der Waals surface area (Å²) in [5.74, 6) is 6.43. The van der Waals surface area contributed by atoms with Crippen LogP contribution in [-0.2, 0) is 20.4 Å². The lowest BCUT2D eigenvalue weighted by atomic mass is 9.87. The van der Waals surface area contributed by atoms with Crippen molar-refractivity contribution in [1.82, 2.24) is 24.8 Å². The first-order valence-electron chi connectivity index (χ1n) is 10.8. The quantitative estimate of drug-likeness (QED) is 0.314. The third-order valence-corrected chi connectivity index (χ3v) is 7.68. The molecule has 5 heterocycles. The zero-order valence-corrected chi connectivity index (χ0v) is 22.1. The number of rotatable bonds is 6. The number of aromatic nitrogens is 4. The average molecular weight is 623 g/mol. The molecule has 5 unspecified atom stereocenters. The molecule has 37 heavy (non-hydrogen) atoms. The second-order valence-electron chi connectivity index (χ2n) is 8.28. The van der Waals surface area contributed by atoms with Crippen molar-refractivity contribution >= 4 is 44.6 Å². The molecule has 0 saturated carbocycles. The molecule has 3 aromatic rings. The van der Waals surface area contributed by atoms with Crippen LogP contribution in [0.5, 0.6) is 0 Å². The number of hydrogen-bond donors (Lipinski definition) is 2. The summed E-state index contributed by atoms with van der Waals surface area (Å²) in [5, 5.41) is 7.93. The van der Waals surface area contributed by atoms with E-state index >= 15 is 0 Å². The largest absolute Gasteiger partial charge is 0.435 e. The van der Waals surface area contributed by atoms with E-state index in [0.29, 0.717) is 20.3 Å². The van der Waals surface area contributed by atoms with Gasteiger partial charge in [0.05, 0.1) is 23.7 Å². The molecular weight excluding hydrogens is 603 g/mol. The predicted molar refractivity (Wildman–Crippen MR) is 131 cm³/mol. The molecule has 0 aliphatic carbocycles. The molecule has 0 aromatic carbocycles. The number of nitrogens with zero attached hydrogens (tertiary/aromatic N) is 5. The van der Waals surface area contributed by atoms with Crippen molar-refractivity contribution in [2.75, 3.05) is 13.7 Å². The van der Waals surface area contributed by atoms with Crippen LogP contribution in [0.25, 0.3) is 11.4 Å². The number of hydrazine groups is 1. The summed E-state index contributed by atoms with van der Waals surface area (Å²) in [4.78, 5) is 7.73. The Bertz CT molecular complexity index is 1320. The summed E-state index contributed by atoms with van der Waals surface area (Å²) in [6, 6.07) is 2.25. The van der Waals surface area contributed by atoms with Crippen LogP contribution in [0.4, 0.5) is 13.2 Å². The van der Waals surface area contributed by atoms with Crippen LogP contribution in [0, 0.1) is 0 Å². The summed E-state index contributed by atoms with van der Waals surface area (Å²) in [6.45, 7) is 0.281. The first kappa shape index (κ1) is 26.3. The number of thiazole rings is 1. The third kappa shape index (κ3) is 4.96. The minimum Gasteiger partial charge on any atom is -0.395 e. The molecular formula is C21H20BrClF3N7O3S. The zero-order chi connectivity index (χ0) is 26.5. The van der Waals surface area contributed by atoms with Gasteiger partial charge in [0.2, 0.25) is 0 Å². The Hall–Kier alpha value is -2.27. The molecule has 4 N–H and O–H groups in total. The van der Waals surface area contributed by atoms with Gasteiger partial charge in [-0.3, -0.25) is 0 Å². The van der Waals surface area contributed by atoms with Crippen molar-refractivity contribution in [2.45, 2.75) is 36.6 Å². The second-order valence-corrected chi connectivity index (χ2v) is 10.4. The highest BCUT2D eigenvalue weighted by molar-refractivity contribution is 9.10. The lowest BCUT2D eigenvalue weighted by Crippen LogP contribution is -2.68. The van der Waals surface area contributed by atoms with Gasteiger partial charge in [-0.15, -0.1) is 11.3 Å². The van der Waals surface area contributed by atoms with E-state index < -0.39 is 36.2 Å². The van der Waals surface area contributed by atoms with Gasteiger partial charge in [-0.2, -0.15) is 18.3 Å². The number of alkyl halides is 3. The van der Waals surface area contributed by atoms with Crippen LogP contribution in [-0.4, -0.2) is 62.8 Å². The van der Waals surface area contributed by atoms with Crippen molar-refractivity contribution in [1.29, 1.82) is 0 Å². The SMILES string of the molecule is COC1C(c2ccnn2-c2cc(Br)cnc2C(F)(F)F)OC2COC2C1N(N)/C=C(\N)c1nc(Cl)cs1. The average Bonchev–Trinajstić information content (AvgIpc) is 3.47. The maximum Gasteiger partial charge on any atom is 0.435 e. The number of hydrogen-bond acceptors (Lipinski definition) is 10. The fraction of sp³-hybridized carbons (Fsp3) is 0.381. The normalized spacial score (nSPS) is 26.0. The van der Waals surface area contributed by atoms with Crippen molar-refractivity contribution in [3.63, 3.8) is 0 Å². The van der Waals surface area contributed by atoms with Gasteiger partial charge >= 0.3 is 6.18 Å². The minimum atomic E-state index is -4.71. The van der Waals surface area contributed by atoms with Crippen LogP contribution in [0.1, 0.15) is 22.5 Å². The first-order chi connectivity index (χ1) is 17.6. The maximum absolute atomic E-state index is 13.8. The highest BCUT2D eigenvalue weighted by Gasteiger charge is 2.54. The van der Waals surface area contributed by atoms with E-state index in [1.807, 2.05) is 0 Å². The van der Waals surface area contributed by atoms with E-state index in [1.54, 1.807) is 11.4 Å². The summed E-state index contributed by atoms with van der Waals surface area (Å²) in [7, 11) is 1.46. The Balaban J connectivity index is 1.53. The predicted octanol–water partition coefficient (Wildman–Crippen LogP) is 3.51. The van der Waals surface area contributed by atoms with Gasteiger partial charge in [0.1, 0.15) is 40.6 Å². The van der Waals surface area contributed by atoms with E-state index in [-0.39, 0.29) is 24.1 Å². The molecule has 0 radical (unpaired) electrons. The molecule has 5 rings (SSSR count). The van der Waals surface area contributed by atoms with E-state index in [1.165, 1.54) is 41.9 Å². The number of methoxy groups -OCH3 is 1. The fourth-order valence-corrected chi connectivity index (χ4v) is 5.61. The fourth-order valence-electron chi connectivity index (χ4n) is 4.42. The van der Waals surface area contributed by atoms with Crippen LogP contribution < -0.4 is 11.6 Å². The summed E-state index contributed by atoms with van der Waals surface area (Å²) >= 11 is 10.4.